The average Bonchev–Trinajstić information content (AvgIpc) is 2.46. The molecule has 0 amide bonds. The molecule has 21 heavy (non-hydrogen) atoms. The van der Waals surface area contributed by atoms with Gasteiger partial charge in [0.25, 0.3) is 0 Å². The summed E-state index contributed by atoms with van der Waals surface area (Å²) in [6.45, 7) is 1.65. The molecule has 1 aliphatic rings. The van der Waals surface area contributed by atoms with E-state index in [0.29, 0.717) is 16.9 Å². The fourth-order valence-corrected chi connectivity index (χ4v) is 2.65. The number of halogens is 2. The monoisotopic (exact) mass is 311 g/mol. The smallest absolute Gasteiger partial charge is 0.187 e. The van der Waals surface area contributed by atoms with Gasteiger partial charge in [-0.05, 0) is 44.1 Å². The highest BCUT2D eigenvalue weighted by Gasteiger charge is 2.13. The minimum Gasteiger partial charge on any atom is -0.359 e. The van der Waals surface area contributed by atoms with Crippen molar-refractivity contribution < 1.29 is 8.78 Å². The number of thiocarbonyl (C=S) groups is 1. The van der Waals surface area contributed by atoms with Gasteiger partial charge in [-0.25, -0.2) is 8.78 Å². The van der Waals surface area contributed by atoms with Crippen molar-refractivity contribution in [2.45, 2.75) is 45.1 Å². The molecule has 0 aliphatic heterocycles. The number of hydrazone groups is 1. The molecule has 1 fully saturated rings. The predicted octanol–water partition coefficient (Wildman–Crippen LogP) is 3.49. The molecule has 0 unspecified atom stereocenters. The molecule has 1 aromatic rings. The molecule has 114 valence electrons. The molecule has 1 aliphatic carbocycles. The van der Waals surface area contributed by atoms with E-state index < -0.39 is 11.6 Å². The highest BCUT2D eigenvalue weighted by molar-refractivity contribution is 7.80. The lowest BCUT2D eigenvalue weighted by atomic mass is 9.96. The predicted molar refractivity (Wildman–Crippen MR) is 84.3 cm³/mol. The van der Waals surface area contributed by atoms with Crippen LogP contribution in [0.3, 0.4) is 0 Å². The van der Waals surface area contributed by atoms with Crippen molar-refractivity contribution in [3.05, 3.63) is 35.4 Å². The molecular weight excluding hydrogens is 292 g/mol. The highest BCUT2D eigenvalue weighted by atomic mass is 32.1. The Morgan fingerprint density at radius 2 is 1.95 bits per heavy atom. The minimum atomic E-state index is -0.635. The van der Waals surface area contributed by atoms with E-state index in [1.807, 2.05) is 0 Å². The number of rotatable bonds is 3. The van der Waals surface area contributed by atoms with E-state index >= 15 is 0 Å². The molecule has 0 spiro atoms. The van der Waals surface area contributed by atoms with Crippen molar-refractivity contribution in [2.24, 2.45) is 5.10 Å². The maximum absolute atomic E-state index is 13.6. The second-order valence-corrected chi connectivity index (χ2v) is 5.65. The Kier molecular flexibility index (Phi) is 5.61. The molecule has 1 saturated carbocycles. The second-order valence-electron chi connectivity index (χ2n) is 5.24. The van der Waals surface area contributed by atoms with Crippen LogP contribution in [0.15, 0.2) is 23.3 Å². The normalized spacial score (nSPS) is 16.6. The summed E-state index contributed by atoms with van der Waals surface area (Å²) in [6, 6.07) is 3.79. The van der Waals surface area contributed by atoms with Crippen LogP contribution in [-0.2, 0) is 0 Å². The van der Waals surface area contributed by atoms with Crippen LogP contribution in [0.2, 0.25) is 0 Å². The lowest BCUT2D eigenvalue weighted by molar-refractivity contribution is 0.412. The van der Waals surface area contributed by atoms with Crippen LogP contribution < -0.4 is 10.7 Å². The third kappa shape index (κ3) is 4.74. The van der Waals surface area contributed by atoms with Gasteiger partial charge in [0.15, 0.2) is 5.11 Å². The molecule has 3 nitrogen and oxygen atoms in total. The van der Waals surface area contributed by atoms with Crippen LogP contribution in [0.4, 0.5) is 8.78 Å². The molecule has 2 rings (SSSR count). The molecule has 0 aromatic heterocycles. The number of benzene rings is 1. The number of nitrogens with zero attached hydrogens (tertiary/aromatic N) is 1. The summed E-state index contributed by atoms with van der Waals surface area (Å²) in [7, 11) is 0. The SMILES string of the molecule is C/C(=N/NC(=S)NC1CCCCC1)c1ccc(F)cc1F. The van der Waals surface area contributed by atoms with E-state index in [-0.39, 0.29) is 5.56 Å². The number of hydrogen-bond donors (Lipinski definition) is 2. The Morgan fingerprint density at radius 3 is 2.62 bits per heavy atom. The van der Waals surface area contributed by atoms with Gasteiger partial charge in [-0.2, -0.15) is 5.10 Å². The summed E-state index contributed by atoms with van der Waals surface area (Å²) >= 11 is 5.17. The largest absolute Gasteiger partial charge is 0.359 e. The highest BCUT2D eigenvalue weighted by Crippen LogP contribution is 2.17. The van der Waals surface area contributed by atoms with Crippen LogP contribution in [0.5, 0.6) is 0 Å². The number of hydrogen-bond acceptors (Lipinski definition) is 2. The molecule has 0 radical (unpaired) electrons. The third-order valence-corrected chi connectivity index (χ3v) is 3.80. The van der Waals surface area contributed by atoms with Crippen molar-refractivity contribution in [2.75, 3.05) is 0 Å². The van der Waals surface area contributed by atoms with Gasteiger partial charge in [0.1, 0.15) is 11.6 Å². The van der Waals surface area contributed by atoms with Crippen LogP contribution >= 0.6 is 12.2 Å². The van der Waals surface area contributed by atoms with E-state index in [1.54, 1.807) is 6.92 Å². The van der Waals surface area contributed by atoms with Crippen molar-refractivity contribution >= 4 is 23.0 Å². The van der Waals surface area contributed by atoms with Crippen molar-refractivity contribution in [3.63, 3.8) is 0 Å². The zero-order chi connectivity index (χ0) is 15.2. The molecule has 2 N–H and O–H groups in total. The molecule has 0 atom stereocenters. The van der Waals surface area contributed by atoms with Crippen LogP contribution in [0.25, 0.3) is 0 Å². The van der Waals surface area contributed by atoms with E-state index in [1.165, 1.54) is 31.4 Å². The van der Waals surface area contributed by atoms with Gasteiger partial charge in [-0.1, -0.05) is 19.3 Å². The Morgan fingerprint density at radius 1 is 1.24 bits per heavy atom. The van der Waals surface area contributed by atoms with E-state index in [9.17, 15) is 8.78 Å². The zero-order valence-corrected chi connectivity index (χ0v) is 12.8. The molecule has 1 aromatic carbocycles. The lowest BCUT2D eigenvalue weighted by Gasteiger charge is -2.23. The third-order valence-electron chi connectivity index (χ3n) is 3.59. The Labute approximate surface area is 128 Å². The first-order valence-corrected chi connectivity index (χ1v) is 7.53. The maximum atomic E-state index is 13.6. The van der Waals surface area contributed by atoms with Gasteiger partial charge in [0, 0.05) is 17.7 Å². The summed E-state index contributed by atoms with van der Waals surface area (Å²) in [5.74, 6) is -1.24. The molecule has 0 heterocycles. The Balaban J connectivity index is 1.91. The summed E-state index contributed by atoms with van der Waals surface area (Å²) < 4.78 is 26.5. The maximum Gasteiger partial charge on any atom is 0.187 e. The van der Waals surface area contributed by atoms with Crippen LogP contribution in [0.1, 0.15) is 44.6 Å². The summed E-state index contributed by atoms with van der Waals surface area (Å²) in [4.78, 5) is 0. The molecule has 0 saturated heterocycles. The second kappa shape index (κ2) is 7.45. The van der Waals surface area contributed by atoms with Gasteiger partial charge in [-0.15, -0.1) is 0 Å². The molecular formula is C15H19F2N3S. The fraction of sp³-hybridized carbons (Fsp3) is 0.467. The Hall–Kier alpha value is -1.56. The summed E-state index contributed by atoms with van der Waals surface area (Å²) in [5.41, 5.74) is 3.39. The average molecular weight is 311 g/mol. The molecule has 0 bridgehead atoms. The van der Waals surface area contributed by atoms with E-state index in [0.717, 1.165) is 18.9 Å². The number of nitrogens with one attached hydrogen (secondary N) is 2. The fourth-order valence-electron chi connectivity index (χ4n) is 2.44. The van der Waals surface area contributed by atoms with Crippen LogP contribution in [0, 0.1) is 11.6 Å². The van der Waals surface area contributed by atoms with Gasteiger partial charge >= 0.3 is 0 Å². The van der Waals surface area contributed by atoms with E-state index in [4.69, 9.17) is 12.2 Å². The Bertz CT molecular complexity index is 540. The summed E-state index contributed by atoms with van der Waals surface area (Å²) in [6.07, 6.45) is 5.92. The van der Waals surface area contributed by atoms with Crippen molar-refractivity contribution in [3.8, 4) is 0 Å². The van der Waals surface area contributed by atoms with Gasteiger partial charge < -0.3 is 5.32 Å². The standard InChI is InChI=1S/C15H19F2N3S/c1-10(13-8-7-11(16)9-14(13)17)19-20-15(21)18-12-5-3-2-4-6-12/h7-9,12H,2-6H2,1H3,(H2,18,20,21)/b19-10-. The first kappa shape index (κ1) is 15.8. The van der Waals surface area contributed by atoms with Gasteiger partial charge in [-0.3, -0.25) is 5.43 Å². The minimum absolute atomic E-state index is 0.254. The first-order valence-electron chi connectivity index (χ1n) is 7.12. The van der Waals surface area contributed by atoms with E-state index in [2.05, 4.69) is 15.8 Å². The lowest BCUT2D eigenvalue weighted by Crippen LogP contribution is -2.41. The summed E-state index contributed by atoms with van der Waals surface area (Å²) in [5, 5.41) is 7.69. The quantitative estimate of drug-likeness (QED) is 0.510. The first-order chi connectivity index (χ1) is 10.1. The van der Waals surface area contributed by atoms with Gasteiger partial charge in [0.05, 0.1) is 5.71 Å². The zero-order valence-electron chi connectivity index (χ0n) is 12.0. The van der Waals surface area contributed by atoms with Gasteiger partial charge in [0.2, 0.25) is 0 Å². The van der Waals surface area contributed by atoms with Crippen molar-refractivity contribution in [1.29, 1.82) is 0 Å². The molecule has 6 heteroatoms. The van der Waals surface area contributed by atoms with Crippen LogP contribution in [-0.4, -0.2) is 16.9 Å². The van der Waals surface area contributed by atoms with Crippen molar-refractivity contribution in [1.82, 2.24) is 10.7 Å². The topological polar surface area (TPSA) is 36.4 Å².